The molecule has 13 heavy (non-hydrogen) atoms. The van der Waals surface area contributed by atoms with E-state index in [2.05, 4.69) is 10.6 Å². The second-order valence-electron chi connectivity index (χ2n) is 2.89. The van der Waals surface area contributed by atoms with E-state index in [1.54, 1.807) is 0 Å². The topological polar surface area (TPSA) is 67.4 Å². The first-order chi connectivity index (χ1) is 6.33. The molecule has 1 rings (SSSR count). The minimum atomic E-state index is -0.317. The summed E-state index contributed by atoms with van der Waals surface area (Å²) in [6.07, 6.45) is 2.84. The molecule has 2 amide bonds. The van der Waals surface area contributed by atoms with Crippen LogP contribution in [-0.2, 0) is 9.53 Å². The van der Waals surface area contributed by atoms with E-state index < -0.39 is 0 Å². The van der Waals surface area contributed by atoms with Gasteiger partial charge in [0.2, 0.25) is 0 Å². The SMILES string of the molecule is O=CCNC(=O)NCC1CCCO1. The van der Waals surface area contributed by atoms with Crippen molar-refractivity contribution < 1.29 is 14.3 Å². The zero-order valence-electron chi connectivity index (χ0n) is 7.41. The Morgan fingerprint density at radius 1 is 1.54 bits per heavy atom. The molecule has 0 spiro atoms. The van der Waals surface area contributed by atoms with E-state index in [4.69, 9.17) is 4.74 Å². The zero-order valence-corrected chi connectivity index (χ0v) is 7.41. The molecule has 1 heterocycles. The lowest BCUT2D eigenvalue weighted by atomic mass is 10.2. The lowest BCUT2D eigenvalue weighted by Crippen LogP contribution is -2.40. The van der Waals surface area contributed by atoms with Gasteiger partial charge in [-0.25, -0.2) is 4.79 Å². The average molecular weight is 186 g/mol. The second kappa shape index (κ2) is 5.53. The molecule has 1 aliphatic heterocycles. The maximum atomic E-state index is 10.9. The Balaban J connectivity index is 2.03. The number of nitrogens with one attached hydrogen (secondary N) is 2. The van der Waals surface area contributed by atoms with Crippen LogP contribution < -0.4 is 10.6 Å². The van der Waals surface area contributed by atoms with Gasteiger partial charge in [-0.1, -0.05) is 0 Å². The maximum absolute atomic E-state index is 10.9. The van der Waals surface area contributed by atoms with E-state index in [0.29, 0.717) is 12.8 Å². The lowest BCUT2D eigenvalue weighted by molar-refractivity contribution is -0.107. The number of carbonyl (C=O) groups is 2. The summed E-state index contributed by atoms with van der Waals surface area (Å²) in [5, 5.41) is 5.01. The Morgan fingerprint density at radius 3 is 3.00 bits per heavy atom. The van der Waals surface area contributed by atoms with Gasteiger partial charge in [0.1, 0.15) is 6.29 Å². The predicted octanol–water partition coefficient (Wildman–Crippen LogP) is -0.336. The number of carbonyl (C=O) groups excluding carboxylic acids is 2. The van der Waals surface area contributed by atoms with Crippen molar-refractivity contribution in [2.75, 3.05) is 19.7 Å². The quantitative estimate of drug-likeness (QED) is 0.590. The highest BCUT2D eigenvalue weighted by Gasteiger charge is 2.15. The highest BCUT2D eigenvalue weighted by atomic mass is 16.5. The summed E-state index contributed by atoms with van der Waals surface area (Å²) in [6.45, 7) is 1.35. The highest BCUT2D eigenvalue weighted by Crippen LogP contribution is 2.10. The van der Waals surface area contributed by atoms with Crippen molar-refractivity contribution in [1.82, 2.24) is 10.6 Å². The van der Waals surface area contributed by atoms with Crippen LogP contribution >= 0.6 is 0 Å². The van der Waals surface area contributed by atoms with Gasteiger partial charge in [0, 0.05) is 13.2 Å². The lowest BCUT2D eigenvalue weighted by Gasteiger charge is -2.10. The summed E-state index contributed by atoms with van der Waals surface area (Å²) in [5.74, 6) is 0. The van der Waals surface area contributed by atoms with Crippen molar-refractivity contribution in [3.63, 3.8) is 0 Å². The molecule has 0 aromatic rings. The number of hydrogen-bond donors (Lipinski definition) is 2. The third kappa shape index (κ3) is 3.89. The van der Waals surface area contributed by atoms with Crippen LogP contribution in [0.1, 0.15) is 12.8 Å². The van der Waals surface area contributed by atoms with Crippen molar-refractivity contribution >= 4 is 12.3 Å². The highest BCUT2D eigenvalue weighted by molar-refractivity contribution is 5.76. The van der Waals surface area contributed by atoms with Crippen LogP contribution in [0.4, 0.5) is 4.79 Å². The molecule has 5 heteroatoms. The minimum absolute atomic E-state index is 0.0529. The van der Waals surface area contributed by atoms with Gasteiger partial charge < -0.3 is 20.2 Å². The normalized spacial score (nSPS) is 21.1. The first kappa shape index (κ1) is 9.98. The first-order valence-corrected chi connectivity index (χ1v) is 4.40. The van der Waals surface area contributed by atoms with Crippen LogP contribution in [0, 0.1) is 0 Å². The average Bonchev–Trinajstić information content (AvgIpc) is 2.64. The second-order valence-corrected chi connectivity index (χ2v) is 2.89. The van der Waals surface area contributed by atoms with Gasteiger partial charge in [-0.05, 0) is 12.8 Å². The molecule has 5 nitrogen and oxygen atoms in total. The Morgan fingerprint density at radius 2 is 2.38 bits per heavy atom. The van der Waals surface area contributed by atoms with Crippen LogP contribution in [0.25, 0.3) is 0 Å². The smallest absolute Gasteiger partial charge is 0.315 e. The third-order valence-electron chi connectivity index (χ3n) is 1.86. The molecule has 74 valence electrons. The van der Waals surface area contributed by atoms with Gasteiger partial charge in [0.15, 0.2) is 0 Å². The Bertz CT molecular complexity index is 178. The molecule has 0 radical (unpaired) electrons. The predicted molar refractivity (Wildman–Crippen MR) is 46.4 cm³/mol. The molecule has 0 saturated carbocycles. The fourth-order valence-corrected chi connectivity index (χ4v) is 1.21. The number of ether oxygens (including phenoxy) is 1. The summed E-state index contributed by atoms with van der Waals surface area (Å²) < 4.78 is 5.30. The molecular formula is C8H14N2O3. The van der Waals surface area contributed by atoms with Crippen molar-refractivity contribution in [2.45, 2.75) is 18.9 Å². The molecule has 1 aliphatic rings. The fraction of sp³-hybridized carbons (Fsp3) is 0.750. The summed E-state index contributed by atoms with van der Waals surface area (Å²) >= 11 is 0. The molecule has 1 unspecified atom stereocenters. The van der Waals surface area contributed by atoms with Gasteiger partial charge in [0.25, 0.3) is 0 Å². The van der Waals surface area contributed by atoms with E-state index in [1.807, 2.05) is 0 Å². The number of hydrogen-bond acceptors (Lipinski definition) is 3. The molecule has 1 atom stereocenters. The van der Waals surface area contributed by atoms with Crippen LogP contribution in [0.3, 0.4) is 0 Å². The molecule has 0 aromatic heterocycles. The maximum Gasteiger partial charge on any atom is 0.315 e. The van der Waals surface area contributed by atoms with Gasteiger partial charge in [-0.2, -0.15) is 0 Å². The molecular weight excluding hydrogens is 172 g/mol. The molecule has 0 aromatic carbocycles. The van der Waals surface area contributed by atoms with Crippen LogP contribution in [0.2, 0.25) is 0 Å². The summed E-state index contributed by atoms with van der Waals surface area (Å²) in [7, 11) is 0. The zero-order chi connectivity index (χ0) is 9.52. The third-order valence-corrected chi connectivity index (χ3v) is 1.86. The summed E-state index contributed by atoms with van der Waals surface area (Å²) in [4.78, 5) is 20.8. The van der Waals surface area contributed by atoms with Gasteiger partial charge in [0.05, 0.1) is 12.6 Å². The molecule has 1 fully saturated rings. The molecule has 0 bridgehead atoms. The number of urea groups is 1. The van der Waals surface area contributed by atoms with E-state index in [1.165, 1.54) is 0 Å². The largest absolute Gasteiger partial charge is 0.376 e. The van der Waals surface area contributed by atoms with Gasteiger partial charge in [-0.3, -0.25) is 0 Å². The van der Waals surface area contributed by atoms with Gasteiger partial charge >= 0.3 is 6.03 Å². The minimum Gasteiger partial charge on any atom is -0.376 e. The molecule has 0 aliphatic carbocycles. The molecule has 1 saturated heterocycles. The Kier molecular flexibility index (Phi) is 4.25. The summed E-state index contributed by atoms with van der Waals surface area (Å²) in [5.41, 5.74) is 0. The number of amides is 2. The fourth-order valence-electron chi connectivity index (χ4n) is 1.21. The molecule has 2 N–H and O–H groups in total. The Hall–Kier alpha value is -1.10. The summed E-state index contributed by atoms with van der Waals surface area (Å²) in [6, 6.07) is -0.317. The van der Waals surface area contributed by atoms with Crippen LogP contribution in [0.15, 0.2) is 0 Å². The first-order valence-electron chi connectivity index (χ1n) is 4.40. The van der Waals surface area contributed by atoms with Gasteiger partial charge in [-0.15, -0.1) is 0 Å². The van der Waals surface area contributed by atoms with E-state index in [0.717, 1.165) is 19.4 Å². The van der Waals surface area contributed by atoms with E-state index in [-0.39, 0.29) is 18.7 Å². The Labute approximate surface area is 76.8 Å². The number of aldehydes is 1. The van der Waals surface area contributed by atoms with E-state index >= 15 is 0 Å². The van der Waals surface area contributed by atoms with Crippen molar-refractivity contribution in [2.24, 2.45) is 0 Å². The van der Waals surface area contributed by atoms with E-state index in [9.17, 15) is 9.59 Å². The monoisotopic (exact) mass is 186 g/mol. The van der Waals surface area contributed by atoms with Crippen LogP contribution in [0.5, 0.6) is 0 Å². The van der Waals surface area contributed by atoms with Crippen LogP contribution in [-0.4, -0.2) is 38.1 Å². The number of rotatable bonds is 4. The van der Waals surface area contributed by atoms with Crippen molar-refractivity contribution in [3.8, 4) is 0 Å². The van der Waals surface area contributed by atoms with Crippen molar-refractivity contribution in [3.05, 3.63) is 0 Å². The standard InChI is InChI=1S/C8H14N2O3/c11-4-3-9-8(12)10-6-7-2-1-5-13-7/h4,7H,1-3,5-6H2,(H2,9,10,12). The van der Waals surface area contributed by atoms with Crippen molar-refractivity contribution in [1.29, 1.82) is 0 Å².